The molecule has 0 aliphatic carbocycles. The maximum atomic E-state index is 5.52. The first-order valence-electron chi connectivity index (χ1n) is 4.82. The fourth-order valence-corrected chi connectivity index (χ4v) is 1.62. The molecule has 0 bridgehead atoms. The molecule has 0 fully saturated rings. The molecule has 0 saturated heterocycles. The van der Waals surface area contributed by atoms with Crippen LogP contribution in [-0.4, -0.2) is 28.2 Å². The molecular formula is C10H14N4O. The van der Waals surface area contributed by atoms with Crippen molar-refractivity contribution < 1.29 is 4.74 Å². The van der Waals surface area contributed by atoms with E-state index in [2.05, 4.69) is 9.97 Å². The van der Waals surface area contributed by atoms with Crippen LogP contribution in [0.3, 0.4) is 0 Å². The van der Waals surface area contributed by atoms with E-state index in [4.69, 9.17) is 10.5 Å². The quantitative estimate of drug-likeness (QED) is 0.793. The second kappa shape index (κ2) is 3.86. The zero-order chi connectivity index (χ0) is 10.8. The highest BCUT2D eigenvalue weighted by molar-refractivity contribution is 5.78. The standard InChI is InChI=1S/C10H14N4O/c1-14-8(3-5-11)13-9-7(15-2)4-6-12-10(9)14/h4,6H,3,5,11H2,1-2H3. The molecular weight excluding hydrogens is 192 g/mol. The molecule has 15 heavy (non-hydrogen) atoms. The van der Waals surface area contributed by atoms with Gasteiger partial charge in [0.1, 0.15) is 17.1 Å². The Bertz CT molecular complexity index is 477. The van der Waals surface area contributed by atoms with Crippen LogP contribution in [0.5, 0.6) is 5.75 Å². The number of rotatable bonds is 3. The summed E-state index contributed by atoms with van der Waals surface area (Å²) in [5.74, 6) is 1.68. The van der Waals surface area contributed by atoms with E-state index in [0.29, 0.717) is 6.54 Å². The molecule has 0 amide bonds. The SMILES string of the molecule is COc1ccnc2c1nc(CCN)n2C. The maximum absolute atomic E-state index is 5.52. The number of aromatic nitrogens is 3. The molecule has 0 aromatic carbocycles. The third-order valence-electron chi connectivity index (χ3n) is 2.40. The number of nitrogens with zero attached hydrogens (tertiary/aromatic N) is 3. The van der Waals surface area contributed by atoms with E-state index in [1.807, 2.05) is 17.7 Å². The van der Waals surface area contributed by atoms with E-state index < -0.39 is 0 Å². The van der Waals surface area contributed by atoms with Gasteiger partial charge in [0.15, 0.2) is 5.65 Å². The summed E-state index contributed by atoms with van der Waals surface area (Å²) in [7, 11) is 3.57. The lowest BCUT2D eigenvalue weighted by atomic mass is 10.4. The minimum atomic E-state index is 0.583. The van der Waals surface area contributed by atoms with Gasteiger partial charge < -0.3 is 15.0 Å². The van der Waals surface area contributed by atoms with Crippen molar-refractivity contribution in [2.45, 2.75) is 6.42 Å². The molecule has 5 heteroatoms. The Morgan fingerprint density at radius 1 is 1.53 bits per heavy atom. The van der Waals surface area contributed by atoms with Gasteiger partial charge in [-0.15, -0.1) is 0 Å². The van der Waals surface area contributed by atoms with Crippen molar-refractivity contribution in [3.8, 4) is 5.75 Å². The zero-order valence-corrected chi connectivity index (χ0v) is 8.90. The largest absolute Gasteiger partial charge is 0.494 e. The Hall–Kier alpha value is -1.62. The number of pyridine rings is 1. The van der Waals surface area contributed by atoms with Crippen molar-refractivity contribution in [2.24, 2.45) is 12.8 Å². The van der Waals surface area contributed by atoms with Crippen LogP contribution < -0.4 is 10.5 Å². The number of imidazole rings is 1. The number of aryl methyl sites for hydroxylation is 1. The first-order chi connectivity index (χ1) is 7.27. The van der Waals surface area contributed by atoms with Crippen LogP contribution in [-0.2, 0) is 13.5 Å². The van der Waals surface area contributed by atoms with Gasteiger partial charge >= 0.3 is 0 Å². The van der Waals surface area contributed by atoms with Crippen molar-refractivity contribution in [3.63, 3.8) is 0 Å². The topological polar surface area (TPSA) is 66.0 Å². The lowest BCUT2D eigenvalue weighted by Crippen LogP contribution is -2.07. The molecule has 2 aromatic heterocycles. The highest BCUT2D eigenvalue weighted by Gasteiger charge is 2.11. The van der Waals surface area contributed by atoms with Crippen molar-refractivity contribution >= 4 is 11.2 Å². The second-order valence-electron chi connectivity index (χ2n) is 3.31. The molecule has 2 rings (SSSR count). The number of methoxy groups -OCH3 is 1. The van der Waals surface area contributed by atoms with E-state index in [0.717, 1.165) is 29.2 Å². The van der Waals surface area contributed by atoms with Gasteiger partial charge in [-0.25, -0.2) is 9.97 Å². The second-order valence-corrected chi connectivity index (χ2v) is 3.31. The van der Waals surface area contributed by atoms with E-state index in [9.17, 15) is 0 Å². The number of nitrogens with two attached hydrogens (primary N) is 1. The van der Waals surface area contributed by atoms with Crippen molar-refractivity contribution in [1.29, 1.82) is 0 Å². The Morgan fingerprint density at radius 2 is 2.33 bits per heavy atom. The van der Waals surface area contributed by atoms with E-state index in [1.165, 1.54) is 0 Å². The molecule has 2 aromatic rings. The predicted molar refractivity (Wildman–Crippen MR) is 57.8 cm³/mol. The average Bonchev–Trinajstić information content (AvgIpc) is 2.57. The lowest BCUT2D eigenvalue weighted by Gasteiger charge is -1.99. The van der Waals surface area contributed by atoms with Crippen molar-refractivity contribution in [2.75, 3.05) is 13.7 Å². The van der Waals surface area contributed by atoms with Crippen LogP contribution in [0.2, 0.25) is 0 Å². The molecule has 0 aliphatic heterocycles. The third-order valence-corrected chi connectivity index (χ3v) is 2.40. The van der Waals surface area contributed by atoms with Gasteiger partial charge in [0.25, 0.3) is 0 Å². The lowest BCUT2D eigenvalue weighted by molar-refractivity contribution is 0.418. The van der Waals surface area contributed by atoms with Gasteiger partial charge in [0.2, 0.25) is 0 Å². The predicted octanol–water partition coefficient (Wildman–Crippen LogP) is 0.478. The molecule has 2 heterocycles. The first kappa shape index (κ1) is 9.92. The summed E-state index contributed by atoms with van der Waals surface area (Å²) >= 11 is 0. The first-order valence-corrected chi connectivity index (χ1v) is 4.82. The molecule has 0 aliphatic rings. The van der Waals surface area contributed by atoms with E-state index in [-0.39, 0.29) is 0 Å². The minimum Gasteiger partial charge on any atom is -0.494 e. The third kappa shape index (κ3) is 1.55. The molecule has 0 unspecified atom stereocenters. The molecule has 5 nitrogen and oxygen atoms in total. The molecule has 0 atom stereocenters. The summed E-state index contributed by atoms with van der Waals surface area (Å²) in [6.07, 6.45) is 2.46. The van der Waals surface area contributed by atoms with Crippen LogP contribution >= 0.6 is 0 Å². The summed E-state index contributed by atoms with van der Waals surface area (Å²) in [6.45, 7) is 0.583. The van der Waals surface area contributed by atoms with Crippen molar-refractivity contribution in [3.05, 3.63) is 18.1 Å². The van der Waals surface area contributed by atoms with Gasteiger partial charge in [-0.2, -0.15) is 0 Å². The number of ether oxygens (including phenoxy) is 1. The van der Waals surface area contributed by atoms with Crippen LogP contribution in [0.4, 0.5) is 0 Å². The summed E-state index contributed by atoms with van der Waals surface area (Å²) in [4.78, 5) is 8.74. The van der Waals surface area contributed by atoms with Crippen LogP contribution in [0, 0.1) is 0 Å². The monoisotopic (exact) mass is 206 g/mol. The molecule has 0 radical (unpaired) electrons. The summed E-state index contributed by atoms with van der Waals surface area (Å²) in [5, 5.41) is 0. The summed E-state index contributed by atoms with van der Waals surface area (Å²) in [5.41, 5.74) is 7.15. The van der Waals surface area contributed by atoms with E-state index in [1.54, 1.807) is 13.3 Å². The van der Waals surface area contributed by atoms with E-state index >= 15 is 0 Å². The highest BCUT2D eigenvalue weighted by atomic mass is 16.5. The van der Waals surface area contributed by atoms with Crippen LogP contribution in [0.15, 0.2) is 12.3 Å². The molecule has 0 saturated carbocycles. The minimum absolute atomic E-state index is 0.583. The number of fused-ring (bicyclic) bond motifs is 1. The Kier molecular flexibility index (Phi) is 2.55. The molecule has 2 N–H and O–H groups in total. The maximum Gasteiger partial charge on any atom is 0.163 e. The number of hydrogen-bond acceptors (Lipinski definition) is 4. The van der Waals surface area contributed by atoms with Crippen LogP contribution in [0.25, 0.3) is 11.2 Å². The normalized spacial score (nSPS) is 10.9. The van der Waals surface area contributed by atoms with Gasteiger partial charge in [-0.1, -0.05) is 0 Å². The Balaban J connectivity index is 2.64. The average molecular weight is 206 g/mol. The fourth-order valence-electron chi connectivity index (χ4n) is 1.62. The van der Waals surface area contributed by atoms with Gasteiger partial charge in [-0.3, -0.25) is 0 Å². The Morgan fingerprint density at radius 3 is 3.00 bits per heavy atom. The molecule has 0 spiro atoms. The smallest absolute Gasteiger partial charge is 0.163 e. The summed E-state index contributed by atoms with van der Waals surface area (Å²) < 4.78 is 7.18. The van der Waals surface area contributed by atoms with Gasteiger partial charge in [-0.05, 0) is 6.54 Å². The summed E-state index contributed by atoms with van der Waals surface area (Å²) in [6, 6.07) is 1.81. The number of hydrogen-bond donors (Lipinski definition) is 1. The van der Waals surface area contributed by atoms with Crippen LogP contribution in [0.1, 0.15) is 5.82 Å². The molecule has 80 valence electrons. The zero-order valence-electron chi connectivity index (χ0n) is 8.90. The van der Waals surface area contributed by atoms with Gasteiger partial charge in [0.05, 0.1) is 7.11 Å². The van der Waals surface area contributed by atoms with Gasteiger partial charge in [0, 0.05) is 25.7 Å². The highest BCUT2D eigenvalue weighted by Crippen LogP contribution is 2.22. The van der Waals surface area contributed by atoms with Crippen molar-refractivity contribution in [1.82, 2.24) is 14.5 Å². The fraction of sp³-hybridized carbons (Fsp3) is 0.400. The Labute approximate surface area is 87.9 Å².